The Hall–Kier alpha value is -2.24. The summed E-state index contributed by atoms with van der Waals surface area (Å²) in [5, 5.41) is 9.44. The summed E-state index contributed by atoms with van der Waals surface area (Å²) >= 11 is 0. The predicted molar refractivity (Wildman–Crippen MR) is 72.8 cm³/mol. The molecular weight excluding hydrogens is 278 g/mol. The Bertz CT molecular complexity index is 783. The van der Waals surface area contributed by atoms with Crippen LogP contribution in [-0.4, -0.2) is 29.1 Å². The Labute approximate surface area is 119 Å². The zero-order valence-electron chi connectivity index (χ0n) is 11.1. The fraction of sp³-hybridized carbons (Fsp3) is 0.333. The van der Waals surface area contributed by atoms with Crippen LogP contribution >= 0.6 is 0 Å². The fourth-order valence-corrected chi connectivity index (χ4v) is 3.51. The highest BCUT2D eigenvalue weighted by Gasteiger charge is 2.37. The average Bonchev–Trinajstić information content (AvgIpc) is 2.45. The Morgan fingerprint density at radius 2 is 2.00 bits per heavy atom. The average molecular weight is 290 g/mol. The molecule has 4 nitrogen and oxygen atoms in total. The van der Waals surface area contributed by atoms with Crippen LogP contribution in [0.1, 0.15) is 34.8 Å². The first-order valence-corrected chi connectivity index (χ1v) is 6.87. The number of fused-ring (bicyclic) bond motifs is 3. The van der Waals surface area contributed by atoms with Gasteiger partial charge in [0, 0.05) is 31.1 Å². The Morgan fingerprint density at radius 3 is 2.67 bits per heavy atom. The van der Waals surface area contributed by atoms with Gasteiger partial charge in [0.1, 0.15) is 11.6 Å². The number of carboxylic acids is 1. The summed E-state index contributed by atoms with van der Waals surface area (Å²) in [7, 11) is 0. The molecule has 2 aromatic rings. The van der Waals surface area contributed by atoms with E-state index in [-0.39, 0.29) is 22.4 Å². The third-order valence-electron chi connectivity index (χ3n) is 4.42. The molecule has 5 rings (SSSR count). The third-order valence-corrected chi connectivity index (χ3v) is 4.42. The van der Waals surface area contributed by atoms with E-state index in [1.165, 1.54) is 0 Å². The topological polar surface area (TPSA) is 53.4 Å². The SMILES string of the molecule is O=C(O)c1c2c(nc3cc(F)cc(F)c13)C1CCN2CC1. The second-order valence-electron chi connectivity index (χ2n) is 5.57. The fourth-order valence-electron chi connectivity index (χ4n) is 3.51. The van der Waals surface area contributed by atoms with Gasteiger partial charge in [0.2, 0.25) is 0 Å². The van der Waals surface area contributed by atoms with Gasteiger partial charge in [0.05, 0.1) is 27.8 Å². The summed E-state index contributed by atoms with van der Waals surface area (Å²) in [5.74, 6) is -2.64. The lowest BCUT2D eigenvalue weighted by atomic mass is 9.84. The first kappa shape index (κ1) is 12.5. The second-order valence-corrected chi connectivity index (χ2v) is 5.57. The van der Waals surface area contributed by atoms with E-state index in [4.69, 9.17) is 0 Å². The van der Waals surface area contributed by atoms with Crippen molar-refractivity contribution in [2.45, 2.75) is 18.8 Å². The summed E-state index contributed by atoms with van der Waals surface area (Å²) in [6.45, 7) is 1.52. The van der Waals surface area contributed by atoms with E-state index in [1.54, 1.807) is 0 Å². The molecule has 2 bridgehead atoms. The van der Waals surface area contributed by atoms with E-state index in [2.05, 4.69) is 4.98 Å². The minimum absolute atomic E-state index is 0.0809. The van der Waals surface area contributed by atoms with E-state index in [0.717, 1.165) is 32.0 Å². The molecule has 0 radical (unpaired) electrons. The lowest BCUT2D eigenvalue weighted by Gasteiger charge is -2.42. The van der Waals surface area contributed by atoms with E-state index < -0.39 is 17.6 Å². The van der Waals surface area contributed by atoms with Crippen molar-refractivity contribution in [1.29, 1.82) is 0 Å². The number of nitrogens with zero attached hydrogens (tertiary/aromatic N) is 2. The van der Waals surface area contributed by atoms with Gasteiger partial charge in [-0.25, -0.2) is 13.6 Å². The Kier molecular flexibility index (Phi) is 2.46. The molecule has 3 aliphatic rings. The zero-order chi connectivity index (χ0) is 14.7. The molecule has 6 heteroatoms. The molecule has 1 aromatic carbocycles. The quantitative estimate of drug-likeness (QED) is 0.877. The van der Waals surface area contributed by atoms with Gasteiger partial charge >= 0.3 is 5.97 Å². The van der Waals surface area contributed by atoms with Gasteiger partial charge in [0.25, 0.3) is 0 Å². The van der Waals surface area contributed by atoms with Crippen molar-refractivity contribution >= 4 is 22.6 Å². The normalized spacial score (nSPS) is 17.3. The molecular formula is C15H12F2N2O2. The Balaban J connectivity index is 2.17. The van der Waals surface area contributed by atoms with Crippen molar-refractivity contribution in [1.82, 2.24) is 4.98 Å². The molecule has 1 N–H and O–H groups in total. The number of piperidine rings is 1. The number of hydrogen-bond acceptors (Lipinski definition) is 3. The van der Waals surface area contributed by atoms with Crippen LogP contribution in [0.2, 0.25) is 0 Å². The van der Waals surface area contributed by atoms with Crippen LogP contribution in [0.4, 0.5) is 14.5 Å². The van der Waals surface area contributed by atoms with Gasteiger partial charge in [0.15, 0.2) is 0 Å². The van der Waals surface area contributed by atoms with Crippen LogP contribution in [0.25, 0.3) is 10.9 Å². The molecule has 0 spiro atoms. The molecule has 0 amide bonds. The van der Waals surface area contributed by atoms with Gasteiger partial charge in [-0.15, -0.1) is 0 Å². The van der Waals surface area contributed by atoms with E-state index >= 15 is 0 Å². The summed E-state index contributed by atoms with van der Waals surface area (Å²) in [5.41, 5.74) is 1.18. The molecule has 1 aromatic heterocycles. The summed E-state index contributed by atoms with van der Waals surface area (Å²) < 4.78 is 27.5. The number of rotatable bonds is 1. The number of hydrogen-bond donors (Lipinski definition) is 1. The highest BCUT2D eigenvalue weighted by molar-refractivity contribution is 6.08. The van der Waals surface area contributed by atoms with Crippen LogP contribution < -0.4 is 4.90 Å². The minimum atomic E-state index is -1.20. The molecule has 0 saturated carbocycles. The van der Waals surface area contributed by atoms with Crippen LogP contribution in [0.5, 0.6) is 0 Å². The molecule has 21 heavy (non-hydrogen) atoms. The first-order chi connectivity index (χ1) is 10.1. The molecule has 1 saturated heterocycles. The lowest BCUT2D eigenvalue weighted by Crippen LogP contribution is -2.40. The zero-order valence-corrected chi connectivity index (χ0v) is 11.1. The standard InChI is InChI=1S/C15H12F2N2O2/c16-8-5-9(17)11-10(6-8)18-13-7-1-3-19(4-2-7)14(13)12(11)15(20)21/h5-7H,1-4H2,(H,20,21). The van der Waals surface area contributed by atoms with Crippen molar-refractivity contribution in [3.05, 3.63) is 35.0 Å². The number of pyridine rings is 1. The van der Waals surface area contributed by atoms with Crippen molar-refractivity contribution in [2.75, 3.05) is 18.0 Å². The molecule has 0 atom stereocenters. The molecule has 0 unspecified atom stereocenters. The minimum Gasteiger partial charge on any atom is -0.478 e. The van der Waals surface area contributed by atoms with Gasteiger partial charge in [-0.05, 0) is 12.8 Å². The van der Waals surface area contributed by atoms with E-state index in [0.29, 0.717) is 17.4 Å². The van der Waals surface area contributed by atoms with Crippen molar-refractivity contribution < 1.29 is 18.7 Å². The highest BCUT2D eigenvalue weighted by atomic mass is 19.1. The van der Waals surface area contributed by atoms with Gasteiger partial charge in [-0.1, -0.05) is 0 Å². The molecule has 3 aliphatic heterocycles. The number of carbonyl (C=O) groups is 1. The van der Waals surface area contributed by atoms with Crippen molar-refractivity contribution in [2.24, 2.45) is 0 Å². The van der Waals surface area contributed by atoms with Gasteiger partial charge in [-0.3, -0.25) is 4.98 Å². The number of benzene rings is 1. The highest BCUT2D eigenvalue weighted by Crippen LogP contribution is 2.45. The summed E-state index contributed by atoms with van der Waals surface area (Å²) in [6.07, 6.45) is 1.81. The molecule has 0 aliphatic carbocycles. The lowest BCUT2D eigenvalue weighted by molar-refractivity contribution is 0.0698. The number of carboxylic acid groups (broad SMARTS) is 1. The predicted octanol–water partition coefficient (Wildman–Crippen LogP) is 2.91. The molecule has 108 valence electrons. The number of aromatic nitrogens is 1. The number of aromatic carboxylic acids is 1. The molecule has 1 fully saturated rings. The summed E-state index contributed by atoms with van der Waals surface area (Å²) in [6, 6.07) is 1.81. The third kappa shape index (κ3) is 1.65. The van der Waals surface area contributed by atoms with Gasteiger partial charge in [-0.2, -0.15) is 0 Å². The van der Waals surface area contributed by atoms with Crippen LogP contribution in [0.15, 0.2) is 12.1 Å². The van der Waals surface area contributed by atoms with Crippen LogP contribution in [0, 0.1) is 11.6 Å². The number of halogens is 2. The van der Waals surface area contributed by atoms with Crippen molar-refractivity contribution in [3.63, 3.8) is 0 Å². The monoisotopic (exact) mass is 290 g/mol. The summed E-state index contributed by atoms with van der Waals surface area (Å²) in [4.78, 5) is 18.0. The maximum Gasteiger partial charge on any atom is 0.338 e. The maximum atomic E-state index is 14.1. The first-order valence-electron chi connectivity index (χ1n) is 6.87. The molecule has 4 heterocycles. The Morgan fingerprint density at radius 1 is 1.29 bits per heavy atom. The maximum absolute atomic E-state index is 14.1. The van der Waals surface area contributed by atoms with E-state index in [9.17, 15) is 18.7 Å². The number of anilines is 1. The largest absolute Gasteiger partial charge is 0.478 e. The van der Waals surface area contributed by atoms with Crippen LogP contribution in [-0.2, 0) is 0 Å². The van der Waals surface area contributed by atoms with Gasteiger partial charge < -0.3 is 10.0 Å². The van der Waals surface area contributed by atoms with E-state index in [1.807, 2.05) is 4.90 Å². The smallest absolute Gasteiger partial charge is 0.338 e. The second kappa shape index (κ2) is 4.13. The van der Waals surface area contributed by atoms with Crippen LogP contribution in [0.3, 0.4) is 0 Å². The van der Waals surface area contributed by atoms with Crippen molar-refractivity contribution in [3.8, 4) is 0 Å².